The van der Waals surface area contributed by atoms with Crippen LogP contribution in [0.3, 0.4) is 0 Å². The lowest BCUT2D eigenvalue weighted by Gasteiger charge is -2.51. The molecule has 1 saturated carbocycles. The summed E-state index contributed by atoms with van der Waals surface area (Å²) in [5, 5.41) is 4.50. The monoisotopic (exact) mass is 288 g/mol. The summed E-state index contributed by atoms with van der Waals surface area (Å²) in [6.07, 6.45) is 1.21. The van der Waals surface area contributed by atoms with Crippen LogP contribution in [-0.4, -0.2) is 19.3 Å². The largest absolute Gasteiger partial charge is 0.399 e. The number of nitrogen functional groups attached to an aromatic ring is 1. The minimum absolute atomic E-state index is 0.0583. The van der Waals surface area contributed by atoms with Crippen LogP contribution in [0.1, 0.15) is 20.3 Å². The first-order chi connectivity index (χ1) is 8.36. The first kappa shape index (κ1) is 13.8. The third-order valence-corrected chi connectivity index (χ3v) is 4.44. The predicted molar refractivity (Wildman–Crippen MR) is 77.5 cm³/mol. The van der Waals surface area contributed by atoms with Crippen molar-refractivity contribution in [2.24, 2.45) is 5.41 Å². The van der Waals surface area contributed by atoms with E-state index in [1.807, 2.05) is 0 Å². The number of hydrogen-bond acceptors (Lipinski definition) is 3. The highest BCUT2D eigenvalue weighted by atomic mass is 35.5. The van der Waals surface area contributed by atoms with E-state index in [-0.39, 0.29) is 11.5 Å². The van der Waals surface area contributed by atoms with E-state index in [2.05, 4.69) is 19.2 Å². The van der Waals surface area contributed by atoms with Crippen LogP contribution in [0.4, 0.5) is 11.4 Å². The van der Waals surface area contributed by atoms with Gasteiger partial charge in [-0.2, -0.15) is 0 Å². The van der Waals surface area contributed by atoms with Gasteiger partial charge in [0.15, 0.2) is 0 Å². The molecule has 0 spiro atoms. The van der Waals surface area contributed by atoms with Gasteiger partial charge in [-0.1, -0.05) is 37.0 Å². The predicted octanol–water partition coefficient (Wildman–Crippen LogP) is 3.80. The summed E-state index contributed by atoms with van der Waals surface area (Å²) < 4.78 is 5.42. The third-order valence-electron chi connectivity index (χ3n) is 3.85. The Hall–Kier alpha value is -0.640. The average molecular weight is 289 g/mol. The Morgan fingerprint density at radius 2 is 1.89 bits per heavy atom. The van der Waals surface area contributed by atoms with Crippen LogP contribution < -0.4 is 11.1 Å². The van der Waals surface area contributed by atoms with Crippen molar-refractivity contribution in [3.63, 3.8) is 0 Å². The molecule has 100 valence electrons. The van der Waals surface area contributed by atoms with E-state index in [9.17, 15) is 0 Å². The van der Waals surface area contributed by atoms with Crippen LogP contribution in [0.25, 0.3) is 0 Å². The molecule has 1 aromatic rings. The highest BCUT2D eigenvalue weighted by Crippen LogP contribution is 2.46. The second-order valence-corrected chi connectivity index (χ2v) is 6.15. The van der Waals surface area contributed by atoms with Crippen LogP contribution in [0.5, 0.6) is 0 Å². The molecule has 2 atom stereocenters. The van der Waals surface area contributed by atoms with Gasteiger partial charge >= 0.3 is 0 Å². The van der Waals surface area contributed by atoms with E-state index in [0.29, 0.717) is 21.8 Å². The van der Waals surface area contributed by atoms with Gasteiger partial charge in [0.1, 0.15) is 0 Å². The molecule has 3 N–H and O–H groups in total. The second-order valence-electron chi connectivity index (χ2n) is 5.34. The Morgan fingerprint density at radius 1 is 1.33 bits per heavy atom. The third kappa shape index (κ3) is 2.27. The van der Waals surface area contributed by atoms with Crippen molar-refractivity contribution in [2.45, 2.75) is 32.4 Å². The van der Waals surface area contributed by atoms with Gasteiger partial charge in [0.2, 0.25) is 0 Å². The van der Waals surface area contributed by atoms with E-state index < -0.39 is 0 Å². The fraction of sp³-hybridized carbons (Fsp3) is 0.538. The maximum absolute atomic E-state index is 6.17. The summed E-state index contributed by atoms with van der Waals surface area (Å²) >= 11 is 12.3. The molecule has 2 rings (SSSR count). The Balaban J connectivity index is 2.17. The highest BCUT2D eigenvalue weighted by molar-refractivity contribution is 6.39. The van der Waals surface area contributed by atoms with Gasteiger partial charge in [0.25, 0.3) is 0 Å². The number of halogens is 2. The molecule has 0 amide bonds. The quantitative estimate of drug-likeness (QED) is 0.832. The minimum atomic E-state index is 0.0583. The average Bonchev–Trinajstić information content (AvgIpc) is 2.25. The molecule has 1 fully saturated rings. The van der Waals surface area contributed by atoms with Crippen LogP contribution in [-0.2, 0) is 4.74 Å². The van der Waals surface area contributed by atoms with Gasteiger partial charge in [-0.15, -0.1) is 0 Å². The lowest BCUT2D eigenvalue weighted by molar-refractivity contribution is -0.0794. The number of hydrogen-bond donors (Lipinski definition) is 2. The van der Waals surface area contributed by atoms with Crippen molar-refractivity contribution in [3.05, 3.63) is 22.2 Å². The Bertz CT molecular complexity index is 439. The van der Waals surface area contributed by atoms with Crippen molar-refractivity contribution < 1.29 is 4.74 Å². The van der Waals surface area contributed by atoms with E-state index in [1.54, 1.807) is 19.2 Å². The molecule has 1 aromatic carbocycles. The van der Waals surface area contributed by atoms with Gasteiger partial charge in [-0.25, -0.2) is 0 Å². The summed E-state index contributed by atoms with van der Waals surface area (Å²) in [6, 6.07) is 3.70. The number of nitrogens with two attached hydrogens (primary N) is 1. The minimum Gasteiger partial charge on any atom is -0.399 e. The fourth-order valence-electron chi connectivity index (χ4n) is 2.44. The molecule has 18 heavy (non-hydrogen) atoms. The zero-order valence-corrected chi connectivity index (χ0v) is 12.3. The molecular weight excluding hydrogens is 271 g/mol. The van der Waals surface area contributed by atoms with Crippen molar-refractivity contribution in [1.29, 1.82) is 0 Å². The highest BCUT2D eigenvalue weighted by Gasteiger charge is 2.48. The topological polar surface area (TPSA) is 47.3 Å². The van der Waals surface area contributed by atoms with E-state index in [1.165, 1.54) is 0 Å². The zero-order valence-electron chi connectivity index (χ0n) is 10.8. The van der Waals surface area contributed by atoms with Crippen LogP contribution in [0.2, 0.25) is 10.0 Å². The van der Waals surface area contributed by atoms with Gasteiger partial charge < -0.3 is 15.8 Å². The van der Waals surface area contributed by atoms with E-state index in [0.717, 1.165) is 12.1 Å². The van der Waals surface area contributed by atoms with Crippen LogP contribution in [0.15, 0.2) is 12.1 Å². The maximum atomic E-state index is 6.17. The molecule has 2 unspecified atom stereocenters. The summed E-state index contributed by atoms with van der Waals surface area (Å²) in [4.78, 5) is 0. The van der Waals surface area contributed by atoms with Gasteiger partial charge in [-0.05, 0) is 18.6 Å². The molecule has 0 saturated heterocycles. The standard InChI is InChI=1S/C13H18Cl2N2O/c1-13(2)10(6-11(13)18-3)17-12-8(14)4-7(16)5-9(12)15/h4-5,10-11,17H,6,16H2,1-3H3. The smallest absolute Gasteiger partial charge is 0.0722 e. The van der Waals surface area contributed by atoms with Crippen LogP contribution >= 0.6 is 23.2 Å². The number of ether oxygens (including phenoxy) is 1. The number of anilines is 2. The normalized spacial score (nSPS) is 25.6. The van der Waals surface area contributed by atoms with E-state index >= 15 is 0 Å². The number of methoxy groups -OCH3 is 1. The Labute approximate surface area is 118 Å². The Kier molecular flexibility index (Phi) is 3.67. The van der Waals surface area contributed by atoms with Gasteiger partial charge in [0.05, 0.1) is 21.8 Å². The summed E-state index contributed by atoms with van der Waals surface area (Å²) in [5.74, 6) is 0. The molecule has 1 aliphatic carbocycles. The second kappa shape index (κ2) is 4.80. The van der Waals surface area contributed by atoms with Crippen molar-refractivity contribution >= 4 is 34.6 Å². The molecule has 3 nitrogen and oxygen atoms in total. The van der Waals surface area contributed by atoms with Crippen LogP contribution in [0, 0.1) is 5.41 Å². The molecule has 0 heterocycles. The number of rotatable bonds is 3. The first-order valence-corrected chi connectivity index (χ1v) is 6.65. The zero-order chi connectivity index (χ0) is 13.5. The number of nitrogens with one attached hydrogen (secondary N) is 1. The maximum Gasteiger partial charge on any atom is 0.0722 e. The molecular formula is C13H18Cl2N2O. The lowest BCUT2D eigenvalue weighted by atomic mass is 9.64. The first-order valence-electron chi connectivity index (χ1n) is 5.90. The van der Waals surface area contributed by atoms with Gasteiger partial charge in [0, 0.05) is 24.3 Å². The summed E-state index contributed by atoms with van der Waals surface area (Å²) in [5.41, 5.74) is 7.06. The molecule has 0 bridgehead atoms. The van der Waals surface area contributed by atoms with E-state index in [4.69, 9.17) is 33.7 Å². The molecule has 0 aromatic heterocycles. The molecule has 0 aliphatic heterocycles. The Morgan fingerprint density at radius 3 is 2.33 bits per heavy atom. The SMILES string of the molecule is COC1CC(Nc2c(Cl)cc(N)cc2Cl)C1(C)C. The molecule has 5 heteroatoms. The fourth-order valence-corrected chi connectivity index (χ4v) is 3.05. The van der Waals surface area contributed by atoms with Gasteiger partial charge in [-0.3, -0.25) is 0 Å². The summed E-state index contributed by atoms with van der Waals surface area (Å²) in [6.45, 7) is 4.34. The van der Waals surface area contributed by atoms with Crippen molar-refractivity contribution in [3.8, 4) is 0 Å². The molecule has 0 radical (unpaired) electrons. The molecule has 1 aliphatic rings. The summed E-state index contributed by atoms with van der Waals surface area (Å²) in [7, 11) is 1.74. The van der Waals surface area contributed by atoms with Crippen molar-refractivity contribution in [2.75, 3.05) is 18.2 Å². The number of benzene rings is 1. The lowest BCUT2D eigenvalue weighted by Crippen LogP contribution is -2.57. The van der Waals surface area contributed by atoms with Crippen molar-refractivity contribution in [1.82, 2.24) is 0 Å².